The number of carbonyl (C=O) groups is 2. The van der Waals surface area contributed by atoms with Crippen LogP contribution in [0, 0.1) is 5.82 Å². The summed E-state index contributed by atoms with van der Waals surface area (Å²) in [6.45, 7) is 1.99. The number of hydrogen-bond acceptors (Lipinski definition) is 6. The van der Waals surface area contributed by atoms with E-state index in [4.69, 9.17) is 4.74 Å². The van der Waals surface area contributed by atoms with Crippen LogP contribution in [0.5, 0.6) is 0 Å². The number of anilines is 1. The van der Waals surface area contributed by atoms with Crippen LogP contribution < -0.4 is 5.32 Å². The Labute approximate surface area is 147 Å². The molecule has 1 heterocycles. The maximum atomic E-state index is 13.6. The van der Waals surface area contributed by atoms with Gasteiger partial charge in [-0.15, -0.1) is 5.10 Å². The van der Waals surface area contributed by atoms with Gasteiger partial charge in [0.2, 0.25) is 0 Å². The third-order valence-electron chi connectivity index (χ3n) is 3.45. The first-order valence-corrected chi connectivity index (χ1v) is 7.70. The summed E-state index contributed by atoms with van der Waals surface area (Å²) in [4.78, 5) is 24.2. The molecule has 0 saturated carbocycles. The number of ether oxygens (including phenoxy) is 1. The van der Waals surface area contributed by atoms with Gasteiger partial charge in [-0.2, -0.15) is 4.68 Å². The predicted molar refractivity (Wildman–Crippen MR) is 89.5 cm³/mol. The number of nitrogens with one attached hydrogen (secondary N) is 1. The van der Waals surface area contributed by atoms with Crippen molar-refractivity contribution in [3.05, 3.63) is 65.7 Å². The van der Waals surface area contributed by atoms with E-state index >= 15 is 0 Å². The zero-order valence-corrected chi connectivity index (χ0v) is 13.7. The Morgan fingerprint density at radius 2 is 1.96 bits per heavy atom. The summed E-state index contributed by atoms with van der Waals surface area (Å²) in [5, 5.41) is 13.4. The number of halogens is 1. The Morgan fingerprint density at radius 3 is 2.62 bits per heavy atom. The summed E-state index contributed by atoms with van der Waals surface area (Å²) in [5.41, 5.74) is 1.20. The molecule has 0 radical (unpaired) electrons. The van der Waals surface area contributed by atoms with Crippen LogP contribution in [0.2, 0.25) is 0 Å². The molecular formula is C17H14FN5O3. The topological polar surface area (TPSA) is 99.0 Å². The van der Waals surface area contributed by atoms with Gasteiger partial charge in [0.15, 0.2) is 0 Å². The lowest BCUT2D eigenvalue weighted by Crippen LogP contribution is -2.16. The first kappa shape index (κ1) is 17.2. The molecule has 0 unspecified atom stereocenters. The molecule has 3 aromatic rings. The van der Waals surface area contributed by atoms with Gasteiger partial charge in [0.1, 0.15) is 12.1 Å². The number of benzene rings is 2. The van der Waals surface area contributed by atoms with Gasteiger partial charge >= 0.3 is 5.97 Å². The molecule has 0 saturated heterocycles. The Balaban J connectivity index is 1.82. The van der Waals surface area contributed by atoms with Crippen molar-refractivity contribution in [2.75, 3.05) is 11.9 Å². The SMILES string of the molecule is CCOC(=O)c1ccc(NC(=O)c2cc(F)ccc2-n2cnnn2)cc1. The van der Waals surface area contributed by atoms with Crippen LogP contribution in [0.4, 0.5) is 10.1 Å². The lowest BCUT2D eigenvalue weighted by Gasteiger charge is -2.10. The van der Waals surface area contributed by atoms with Gasteiger partial charge in [0.25, 0.3) is 5.91 Å². The monoisotopic (exact) mass is 355 g/mol. The first-order valence-electron chi connectivity index (χ1n) is 7.70. The van der Waals surface area contributed by atoms with Crippen molar-refractivity contribution in [2.45, 2.75) is 6.92 Å². The molecule has 1 N–H and O–H groups in total. The summed E-state index contributed by atoms with van der Waals surface area (Å²) in [5.74, 6) is -1.56. The highest BCUT2D eigenvalue weighted by atomic mass is 19.1. The Hall–Kier alpha value is -3.62. The first-order chi connectivity index (χ1) is 12.6. The maximum absolute atomic E-state index is 13.6. The highest BCUT2D eigenvalue weighted by Crippen LogP contribution is 2.18. The number of aromatic nitrogens is 4. The fraction of sp³-hybridized carbons (Fsp3) is 0.118. The Bertz CT molecular complexity index is 926. The molecule has 0 aliphatic carbocycles. The molecule has 0 spiro atoms. The van der Waals surface area contributed by atoms with Gasteiger partial charge in [-0.3, -0.25) is 4.79 Å². The van der Waals surface area contributed by atoms with Crippen molar-refractivity contribution in [3.63, 3.8) is 0 Å². The molecule has 0 atom stereocenters. The van der Waals surface area contributed by atoms with Crippen LogP contribution in [-0.2, 0) is 4.74 Å². The summed E-state index contributed by atoms with van der Waals surface area (Å²) in [6, 6.07) is 9.88. The molecule has 26 heavy (non-hydrogen) atoms. The normalized spacial score (nSPS) is 10.4. The average Bonchev–Trinajstić information content (AvgIpc) is 3.17. The van der Waals surface area contributed by atoms with Crippen molar-refractivity contribution < 1.29 is 18.7 Å². The van der Waals surface area contributed by atoms with E-state index < -0.39 is 17.7 Å². The number of amides is 1. The van der Waals surface area contributed by atoms with Crippen LogP contribution >= 0.6 is 0 Å². The van der Waals surface area contributed by atoms with Gasteiger partial charge in [0, 0.05) is 5.69 Å². The molecule has 0 aliphatic heterocycles. The summed E-state index contributed by atoms with van der Waals surface area (Å²) >= 11 is 0. The second-order valence-electron chi connectivity index (χ2n) is 5.17. The predicted octanol–water partition coefficient (Wildman–Crippen LogP) is 2.23. The maximum Gasteiger partial charge on any atom is 0.338 e. The van der Waals surface area contributed by atoms with Crippen molar-refractivity contribution in [2.24, 2.45) is 0 Å². The summed E-state index contributed by atoms with van der Waals surface area (Å²) in [7, 11) is 0. The third kappa shape index (κ3) is 3.72. The standard InChI is InChI=1S/C17H14FN5O3/c1-2-26-17(25)11-3-6-13(7-4-11)20-16(24)14-9-12(18)5-8-15(14)23-10-19-21-22-23/h3-10H,2H2,1H3,(H,20,24). The van der Waals surface area contributed by atoms with Crippen LogP contribution in [-0.4, -0.2) is 38.7 Å². The van der Waals surface area contributed by atoms with E-state index in [9.17, 15) is 14.0 Å². The molecule has 132 valence electrons. The quantitative estimate of drug-likeness (QED) is 0.705. The van der Waals surface area contributed by atoms with Crippen molar-refractivity contribution in [1.82, 2.24) is 20.2 Å². The molecule has 9 heteroatoms. The third-order valence-corrected chi connectivity index (χ3v) is 3.45. The van der Waals surface area contributed by atoms with Crippen molar-refractivity contribution in [1.29, 1.82) is 0 Å². The van der Waals surface area contributed by atoms with E-state index in [0.717, 1.165) is 6.07 Å². The molecular weight excluding hydrogens is 341 g/mol. The average molecular weight is 355 g/mol. The Kier molecular flexibility index (Phi) is 4.97. The van der Waals surface area contributed by atoms with Crippen molar-refractivity contribution in [3.8, 4) is 5.69 Å². The molecule has 1 aromatic heterocycles. The number of tetrazole rings is 1. The minimum absolute atomic E-state index is 0.0618. The van der Waals surface area contributed by atoms with E-state index in [2.05, 4.69) is 20.8 Å². The largest absolute Gasteiger partial charge is 0.462 e. The molecule has 8 nitrogen and oxygen atoms in total. The molecule has 0 aliphatic rings. The molecule has 3 rings (SSSR count). The van der Waals surface area contributed by atoms with E-state index in [1.165, 1.54) is 35.3 Å². The van der Waals surface area contributed by atoms with Crippen LogP contribution in [0.1, 0.15) is 27.6 Å². The fourth-order valence-electron chi connectivity index (χ4n) is 2.26. The zero-order chi connectivity index (χ0) is 18.5. The minimum Gasteiger partial charge on any atom is -0.462 e. The van der Waals surface area contributed by atoms with E-state index in [-0.39, 0.29) is 12.2 Å². The van der Waals surface area contributed by atoms with Crippen LogP contribution in [0.15, 0.2) is 48.8 Å². The van der Waals surface area contributed by atoms with Gasteiger partial charge in [-0.25, -0.2) is 9.18 Å². The Morgan fingerprint density at radius 1 is 1.19 bits per heavy atom. The second-order valence-corrected chi connectivity index (χ2v) is 5.17. The van der Waals surface area contributed by atoms with E-state index in [0.29, 0.717) is 16.9 Å². The highest BCUT2D eigenvalue weighted by molar-refractivity contribution is 6.07. The molecule has 1 amide bonds. The number of nitrogens with zero attached hydrogens (tertiary/aromatic N) is 4. The van der Waals surface area contributed by atoms with Gasteiger partial charge in [0.05, 0.1) is 23.4 Å². The lowest BCUT2D eigenvalue weighted by molar-refractivity contribution is 0.0526. The number of esters is 1. The highest BCUT2D eigenvalue weighted by Gasteiger charge is 2.16. The van der Waals surface area contributed by atoms with Gasteiger partial charge in [-0.05, 0) is 59.8 Å². The second kappa shape index (κ2) is 7.51. The van der Waals surface area contributed by atoms with Crippen LogP contribution in [0.3, 0.4) is 0 Å². The van der Waals surface area contributed by atoms with Gasteiger partial charge in [-0.1, -0.05) is 0 Å². The summed E-state index contributed by atoms with van der Waals surface area (Å²) < 4.78 is 19.8. The fourth-order valence-corrected chi connectivity index (χ4v) is 2.26. The minimum atomic E-state index is -0.565. The van der Waals surface area contributed by atoms with Crippen LogP contribution in [0.25, 0.3) is 5.69 Å². The number of rotatable bonds is 5. The smallest absolute Gasteiger partial charge is 0.338 e. The van der Waals surface area contributed by atoms with Crippen molar-refractivity contribution >= 4 is 17.6 Å². The molecule has 0 fully saturated rings. The summed E-state index contributed by atoms with van der Waals surface area (Å²) in [6.07, 6.45) is 1.30. The van der Waals surface area contributed by atoms with E-state index in [1.807, 2.05) is 0 Å². The number of hydrogen-bond donors (Lipinski definition) is 1. The van der Waals surface area contributed by atoms with Gasteiger partial charge < -0.3 is 10.1 Å². The molecule has 0 bridgehead atoms. The lowest BCUT2D eigenvalue weighted by atomic mass is 10.1. The molecule has 2 aromatic carbocycles. The van der Waals surface area contributed by atoms with E-state index in [1.54, 1.807) is 19.1 Å². The number of carbonyl (C=O) groups excluding carboxylic acids is 2. The zero-order valence-electron chi connectivity index (χ0n) is 13.7.